The summed E-state index contributed by atoms with van der Waals surface area (Å²) in [4.78, 5) is 32.7. The molecule has 0 atom stereocenters. The number of rotatable bonds is 6. The van der Waals surface area contributed by atoms with Crippen molar-refractivity contribution < 1.29 is 9.59 Å². The van der Waals surface area contributed by atoms with Crippen molar-refractivity contribution in [3.05, 3.63) is 29.8 Å². The van der Waals surface area contributed by atoms with Crippen LogP contribution in [0.2, 0.25) is 0 Å². The van der Waals surface area contributed by atoms with Crippen molar-refractivity contribution in [1.82, 2.24) is 15.5 Å². The first-order valence-corrected chi connectivity index (χ1v) is 11.0. The van der Waals surface area contributed by atoms with E-state index in [1.165, 1.54) is 0 Å². The van der Waals surface area contributed by atoms with Crippen LogP contribution >= 0.6 is 0 Å². The Morgan fingerprint density at radius 1 is 1.10 bits per heavy atom. The van der Waals surface area contributed by atoms with Crippen molar-refractivity contribution in [2.45, 2.75) is 51.5 Å². The lowest BCUT2D eigenvalue weighted by Gasteiger charge is -2.31. The van der Waals surface area contributed by atoms with E-state index in [-0.39, 0.29) is 17.2 Å². The summed E-state index contributed by atoms with van der Waals surface area (Å²) in [5.41, 5.74) is 1.76. The number of carbonyl (C=O) groups excluding carboxylic acids is 2. The number of hydrogen-bond acceptors (Lipinski definition) is 3. The zero-order valence-electron chi connectivity index (χ0n) is 18.5. The fourth-order valence-corrected chi connectivity index (χ4v) is 4.52. The van der Waals surface area contributed by atoms with Gasteiger partial charge in [0.25, 0.3) is 0 Å². The fourth-order valence-electron chi connectivity index (χ4n) is 4.52. The van der Waals surface area contributed by atoms with Crippen molar-refractivity contribution in [2.75, 3.05) is 39.1 Å². The van der Waals surface area contributed by atoms with Crippen LogP contribution in [0.4, 0.5) is 5.69 Å². The van der Waals surface area contributed by atoms with E-state index >= 15 is 0 Å². The van der Waals surface area contributed by atoms with Crippen molar-refractivity contribution in [2.24, 2.45) is 10.4 Å². The Morgan fingerprint density at radius 3 is 2.40 bits per heavy atom. The number of hydrogen-bond donors (Lipinski definition) is 2. The van der Waals surface area contributed by atoms with E-state index in [0.717, 1.165) is 56.3 Å². The molecule has 1 saturated carbocycles. The van der Waals surface area contributed by atoms with E-state index in [1.54, 1.807) is 11.9 Å². The molecule has 0 radical (unpaired) electrons. The van der Waals surface area contributed by atoms with E-state index in [0.29, 0.717) is 25.5 Å². The van der Waals surface area contributed by atoms with Crippen LogP contribution in [-0.4, -0.2) is 56.9 Å². The molecule has 7 nitrogen and oxygen atoms in total. The minimum absolute atomic E-state index is 0.200. The van der Waals surface area contributed by atoms with E-state index in [4.69, 9.17) is 0 Å². The molecule has 2 N–H and O–H groups in total. The second-order valence-corrected chi connectivity index (χ2v) is 8.64. The van der Waals surface area contributed by atoms with Gasteiger partial charge in [0.15, 0.2) is 5.96 Å². The maximum atomic E-state index is 12.7. The van der Waals surface area contributed by atoms with Gasteiger partial charge >= 0.3 is 0 Å². The molecule has 0 aromatic heterocycles. The third-order valence-electron chi connectivity index (χ3n) is 6.27. The second kappa shape index (κ2) is 9.96. The molecule has 1 aromatic rings. The zero-order valence-corrected chi connectivity index (χ0v) is 18.5. The highest BCUT2D eigenvalue weighted by Gasteiger charge is 2.42. The first kappa shape index (κ1) is 22.1. The highest BCUT2D eigenvalue weighted by molar-refractivity contribution is 5.94. The Hall–Kier alpha value is -2.57. The topological polar surface area (TPSA) is 77.0 Å². The molecule has 1 heterocycles. The highest BCUT2D eigenvalue weighted by Crippen LogP contribution is 2.38. The van der Waals surface area contributed by atoms with Crippen LogP contribution in [0.25, 0.3) is 0 Å². The van der Waals surface area contributed by atoms with Gasteiger partial charge in [-0.3, -0.25) is 14.6 Å². The number of guanidine groups is 1. The Morgan fingerprint density at radius 2 is 1.80 bits per heavy atom. The fraction of sp³-hybridized carbons (Fsp3) is 0.609. The summed E-state index contributed by atoms with van der Waals surface area (Å²) in [7, 11) is 5.41. The van der Waals surface area contributed by atoms with Gasteiger partial charge in [0.2, 0.25) is 11.8 Å². The van der Waals surface area contributed by atoms with Crippen molar-refractivity contribution in [3.63, 3.8) is 0 Å². The average Bonchev–Trinajstić information content (AvgIpc) is 3.24. The summed E-state index contributed by atoms with van der Waals surface area (Å²) in [6.07, 6.45) is 6.73. The van der Waals surface area contributed by atoms with E-state index in [2.05, 4.69) is 15.6 Å². The van der Waals surface area contributed by atoms with Crippen LogP contribution in [0.15, 0.2) is 29.3 Å². The number of amides is 2. The van der Waals surface area contributed by atoms with Crippen molar-refractivity contribution in [1.29, 1.82) is 0 Å². The molecule has 7 heteroatoms. The number of piperidine rings is 1. The average molecular weight is 414 g/mol. The Kier molecular flexibility index (Phi) is 7.34. The quantitative estimate of drug-likeness (QED) is 0.555. The largest absolute Gasteiger partial charge is 0.355 e. The van der Waals surface area contributed by atoms with Crippen LogP contribution in [-0.2, 0) is 16.1 Å². The Labute approximate surface area is 179 Å². The first-order chi connectivity index (χ1) is 14.4. The zero-order chi connectivity index (χ0) is 21.6. The maximum absolute atomic E-state index is 12.7. The third-order valence-corrected chi connectivity index (χ3v) is 6.27. The highest BCUT2D eigenvalue weighted by atomic mass is 16.2. The third kappa shape index (κ3) is 5.12. The molecule has 164 valence electrons. The molecular formula is C23H35N5O2. The Balaban J connectivity index is 1.54. The van der Waals surface area contributed by atoms with Crippen molar-refractivity contribution >= 4 is 23.5 Å². The summed E-state index contributed by atoms with van der Waals surface area (Å²) in [5.74, 6) is 1.11. The van der Waals surface area contributed by atoms with Gasteiger partial charge in [-0.2, -0.15) is 0 Å². The molecule has 3 rings (SSSR count). The molecule has 1 aliphatic carbocycles. The van der Waals surface area contributed by atoms with Crippen LogP contribution in [0.1, 0.15) is 50.5 Å². The van der Waals surface area contributed by atoms with Gasteiger partial charge in [0.05, 0.1) is 5.41 Å². The van der Waals surface area contributed by atoms with E-state index < -0.39 is 0 Å². The molecule has 30 heavy (non-hydrogen) atoms. The Bertz CT molecular complexity index is 766. The number of nitrogens with one attached hydrogen (secondary N) is 2. The van der Waals surface area contributed by atoms with Crippen LogP contribution in [0.5, 0.6) is 0 Å². The molecule has 0 unspecified atom stereocenters. The van der Waals surface area contributed by atoms with Crippen LogP contribution in [0.3, 0.4) is 0 Å². The number of aliphatic imine (C=N–C) groups is 1. The lowest BCUT2D eigenvalue weighted by molar-refractivity contribution is -0.138. The molecule has 2 amide bonds. The lowest BCUT2D eigenvalue weighted by atomic mass is 9.84. The normalized spacial score (nSPS) is 19.0. The van der Waals surface area contributed by atoms with E-state index in [9.17, 15) is 9.59 Å². The number of anilines is 1. The van der Waals surface area contributed by atoms with Crippen LogP contribution < -0.4 is 15.5 Å². The minimum Gasteiger partial charge on any atom is -0.355 e. The van der Waals surface area contributed by atoms with Gasteiger partial charge in [-0.25, -0.2) is 0 Å². The first-order valence-electron chi connectivity index (χ1n) is 11.0. The summed E-state index contributed by atoms with van der Waals surface area (Å²) in [6.45, 7) is 2.03. The maximum Gasteiger partial charge on any atom is 0.230 e. The monoisotopic (exact) mass is 413 g/mol. The van der Waals surface area contributed by atoms with Gasteiger partial charge in [-0.1, -0.05) is 25.0 Å². The molecule has 1 saturated heterocycles. The van der Waals surface area contributed by atoms with Gasteiger partial charge in [-0.05, 0) is 43.4 Å². The SMILES string of the molecule is CN=C(NCc1ccc(N2CCCCC2=O)cc1)NCC1(C(=O)N(C)C)CCCC1. The molecule has 0 spiro atoms. The van der Waals surface area contributed by atoms with Crippen molar-refractivity contribution in [3.8, 4) is 0 Å². The summed E-state index contributed by atoms with van der Waals surface area (Å²) >= 11 is 0. The number of carbonyl (C=O) groups is 2. The lowest BCUT2D eigenvalue weighted by Crippen LogP contribution is -2.49. The molecule has 2 aliphatic rings. The summed E-state index contributed by atoms with van der Waals surface area (Å²) in [5, 5.41) is 6.70. The number of nitrogens with zero attached hydrogens (tertiary/aromatic N) is 3. The smallest absolute Gasteiger partial charge is 0.230 e. The van der Waals surface area contributed by atoms with Gasteiger partial charge < -0.3 is 20.4 Å². The molecule has 2 fully saturated rings. The van der Waals surface area contributed by atoms with Gasteiger partial charge in [0, 0.05) is 52.9 Å². The molecule has 1 aromatic carbocycles. The summed E-state index contributed by atoms with van der Waals surface area (Å²) < 4.78 is 0. The molecule has 0 bridgehead atoms. The van der Waals surface area contributed by atoms with Gasteiger partial charge in [-0.15, -0.1) is 0 Å². The molecular weight excluding hydrogens is 378 g/mol. The van der Waals surface area contributed by atoms with Crippen LogP contribution in [0, 0.1) is 5.41 Å². The second-order valence-electron chi connectivity index (χ2n) is 8.64. The van der Waals surface area contributed by atoms with E-state index in [1.807, 2.05) is 43.3 Å². The predicted molar refractivity (Wildman–Crippen MR) is 120 cm³/mol. The standard InChI is InChI=1S/C23H35N5O2/c1-24-22(26-17-23(13-5-6-14-23)21(30)27(2)3)25-16-18-9-11-19(12-10-18)28-15-7-4-8-20(28)29/h9-12H,4-8,13-17H2,1-3H3,(H2,24,25,26). The summed E-state index contributed by atoms with van der Waals surface area (Å²) in [6, 6.07) is 8.12. The number of benzene rings is 1. The van der Waals surface area contributed by atoms with Gasteiger partial charge in [0.1, 0.15) is 0 Å². The molecule has 1 aliphatic heterocycles. The minimum atomic E-state index is -0.330. The predicted octanol–water partition coefficient (Wildman–Crippen LogP) is 2.52.